The van der Waals surface area contributed by atoms with Gasteiger partial charge in [0.25, 0.3) is 0 Å². The zero-order valence-electron chi connectivity index (χ0n) is 11.2. The predicted octanol–water partition coefficient (Wildman–Crippen LogP) is 3.96. The molecule has 0 fully saturated rings. The molecule has 1 unspecified atom stereocenters. The van der Waals surface area contributed by atoms with Gasteiger partial charge in [0, 0.05) is 18.2 Å². The number of hydrogen-bond acceptors (Lipinski definition) is 4. The standard InChI is InChI=1S/C14H17ClN2OS/c1-9-4-5-12(18-3)11(6-9)10(2)16-8-14-17-7-13(15)19-14/h4-7,10,16H,8H2,1-3H3. The highest BCUT2D eigenvalue weighted by Crippen LogP contribution is 2.26. The summed E-state index contributed by atoms with van der Waals surface area (Å²) in [6.45, 7) is 4.90. The summed E-state index contributed by atoms with van der Waals surface area (Å²) >= 11 is 7.37. The van der Waals surface area contributed by atoms with E-state index in [0.29, 0.717) is 6.54 Å². The van der Waals surface area contributed by atoms with Crippen LogP contribution >= 0.6 is 22.9 Å². The minimum Gasteiger partial charge on any atom is -0.496 e. The Morgan fingerprint density at radius 1 is 1.47 bits per heavy atom. The molecule has 5 heteroatoms. The van der Waals surface area contributed by atoms with Gasteiger partial charge in [0.15, 0.2) is 0 Å². The van der Waals surface area contributed by atoms with Crippen LogP contribution < -0.4 is 10.1 Å². The topological polar surface area (TPSA) is 34.1 Å². The normalized spacial score (nSPS) is 12.4. The molecule has 0 saturated carbocycles. The third-order valence-corrected chi connectivity index (χ3v) is 4.05. The van der Waals surface area contributed by atoms with Crippen molar-refractivity contribution in [3.05, 3.63) is 44.9 Å². The van der Waals surface area contributed by atoms with Crippen LogP contribution in [0.15, 0.2) is 24.4 Å². The largest absolute Gasteiger partial charge is 0.496 e. The van der Waals surface area contributed by atoms with E-state index < -0.39 is 0 Å². The molecule has 1 aromatic carbocycles. The van der Waals surface area contributed by atoms with Crippen molar-refractivity contribution in [2.24, 2.45) is 0 Å². The van der Waals surface area contributed by atoms with Crippen molar-refractivity contribution < 1.29 is 4.74 Å². The first-order valence-electron chi connectivity index (χ1n) is 6.08. The Kier molecular flexibility index (Phi) is 4.80. The van der Waals surface area contributed by atoms with Crippen molar-refractivity contribution in [2.45, 2.75) is 26.4 Å². The average Bonchev–Trinajstić information content (AvgIpc) is 2.81. The molecule has 19 heavy (non-hydrogen) atoms. The van der Waals surface area contributed by atoms with Crippen LogP contribution in [0.1, 0.15) is 29.1 Å². The maximum Gasteiger partial charge on any atom is 0.123 e. The Morgan fingerprint density at radius 2 is 2.26 bits per heavy atom. The molecule has 1 aromatic heterocycles. The molecule has 3 nitrogen and oxygen atoms in total. The lowest BCUT2D eigenvalue weighted by molar-refractivity contribution is 0.401. The van der Waals surface area contributed by atoms with E-state index in [-0.39, 0.29) is 6.04 Å². The van der Waals surface area contributed by atoms with Crippen molar-refractivity contribution >= 4 is 22.9 Å². The van der Waals surface area contributed by atoms with Crippen LogP contribution in [0.5, 0.6) is 5.75 Å². The molecule has 0 saturated heterocycles. The molecule has 2 rings (SSSR count). The fraction of sp³-hybridized carbons (Fsp3) is 0.357. The maximum atomic E-state index is 5.87. The van der Waals surface area contributed by atoms with Crippen LogP contribution in [-0.2, 0) is 6.54 Å². The molecule has 0 radical (unpaired) electrons. The summed E-state index contributed by atoms with van der Waals surface area (Å²) in [5, 5.41) is 4.43. The summed E-state index contributed by atoms with van der Waals surface area (Å²) < 4.78 is 6.12. The Morgan fingerprint density at radius 3 is 2.89 bits per heavy atom. The molecule has 0 amide bonds. The quantitative estimate of drug-likeness (QED) is 0.907. The van der Waals surface area contributed by atoms with Gasteiger partial charge < -0.3 is 10.1 Å². The average molecular weight is 297 g/mol. The number of nitrogens with zero attached hydrogens (tertiary/aromatic N) is 1. The number of ether oxygens (including phenoxy) is 1. The second kappa shape index (κ2) is 6.37. The first kappa shape index (κ1) is 14.3. The SMILES string of the molecule is COc1ccc(C)cc1C(C)NCc1ncc(Cl)s1. The lowest BCUT2D eigenvalue weighted by Gasteiger charge is -2.17. The third kappa shape index (κ3) is 3.69. The zero-order valence-corrected chi connectivity index (χ0v) is 12.8. The Balaban J connectivity index is 2.06. The van der Waals surface area contributed by atoms with Crippen molar-refractivity contribution in [1.29, 1.82) is 0 Å². The highest BCUT2D eigenvalue weighted by atomic mass is 35.5. The van der Waals surface area contributed by atoms with E-state index >= 15 is 0 Å². The van der Waals surface area contributed by atoms with Crippen LogP contribution in [0.25, 0.3) is 0 Å². The molecule has 0 bridgehead atoms. The van der Waals surface area contributed by atoms with Crippen LogP contribution in [0.2, 0.25) is 4.34 Å². The number of aryl methyl sites for hydroxylation is 1. The first-order valence-corrected chi connectivity index (χ1v) is 7.27. The van der Waals surface area contributed by atoms with Gasteiger partial charge in [-0.1, -0.05) is 29.3 Å². The highest BCUT2D eigenvalue weighted by molar-refractivity contribution is 7.15. The number of halogens is 1. The van der Waals surface area contributed by atoms with E-state index in [1.165, 1.54) is 16.9 Å². The smallest absolute Gasteiger partial charge is 0.123 e. The van der Waals surface area contributed by atoms with Gasteiger partial charge >= 0.3 is 0 Å². The second-order valence-corrected chi connectivity index (χ2v) is 6.15. The number of thiazole rings is 1. The number of benzene rings is 1. The predicted molar refractivity (Wildman–Crippen MR) is 80.1 cm³/mol. The molecule has 1 heterocycles. The number of rotatable bonds is 5. The highest BCUT2D eigenvalue weighted by Gasteiger charge is 2.12. The molecule has 0 aliphatic heterocycles. The molecule has 0 spiro atoms. The summed E-state index contributed by atoms with van der Waals surface area (Å²) in [5.74, 6) is 0.905. The van der Waals surface area contributed by atoms with Gasteiger partial charge in [-0.2, -0.15) is 0 Å². The third-order valence-electron chi connectivity index (χ3n) is 2.94. The Bertz CT molecular complexity index is 556. The monoisotopic (exact) mass is 296 g/mol. The molecule has 0 aliphatic rings. The summed E-state index contributed by atoms with van der Waals surface area (Å²) in [5.41, 5.74) is 2.38. The molecule has 0 aliphatic carbocycles. The van der Waals surface area contributed by atoms with Gasteiger partial charge in [-0.05, 0) is 19.9 Å². The summed E-state index contributed by atoms with van der Waals surface area (Å²) in [6, 6.07) is 6.39. The van der Waals surface area contributed by atoms with E-state index in [2.05, 4.69) is 36.3 Å². The van der Waals surface area contributed by atoms with E-state index in [4.69, 9.17) is 16.3 Å². The fourth-order valence-electron chi connectivity index (χ4n) is 1.91. The van der Waals surface area contributed by atoms with E-state index in [1.54, 1.807) is 13.3 Å². The molecular weight excluding hydrogens is 280 g/mol. The first-order chi connectivity index (χ1) is 9.10. The number of aromatic nitrogens is 1. The minimum absolute atomic E-state index is 0.192. The summed E-state index contributed by atoms with van der Waals surface area (Å²) in [6.07, 6.45) is 1.68. The van der Waals surface area contributed by atoms with Crippen molar-refractivity contribution in [2.75, 3.05) is 7.11 Å². The second-order valence-electron chi connectivity index (χ2n) is 4.41. The number of hydrogen-bond donors (Lipinski definition) is 1. The van der Waals surface area contributed by atoms with Gasteiger partial charge in [0.2, 0.25) is 0 Å². The van der Waals surface area contributed by atoms with Gasteiger partial charge in [-0.25, -0.2) is 4.98 Å². The number of methoxy groups -OCH3 is 1. The van der Waals surface area contributed by atoms with E-state index in [0.717, 1.165) is 20.7 Å². The van der Waals surface area contributed by atoms with E-state index in [1.807, 2.05) is 6.07 Å². The fourth-order valence-corrected chi connectivity index (χ4v) is 2.82. The minimum atomic E-state index is 0.192. The van der Waals surface area contributed by atoms with Crippen molar-refractivity contribution in [3.8, 4) is 5.75 Å². The van der Waals surface area contributed by atoms with Gasteiger partial charge in [-0.3, -0.25) is 0 Å². The maximum absolute atomic E-state index is 5.87. The van der Waals surface area contributed by atoms with Crippen molar-refractivity contribution in [1.82, 2.24) is 10.3 Å². The number of nitrogens with one attached hydrogen (secondary N) is 1. The van der Waals surface area contributed by atoms with E-state index in [9.17, 15) is 0 Å². The Hall–Kier alpha value is -1.10. The lowest BCUT2D eigenvalue weighted by Crippen LogP contribution is -2.18. The molecule has 1 N–H and O–H groups in total. The van der Waals surface area contributed by atoms with Crippen LogP contribution in [0, 0.1) is 6.92 Å². The molecule has 2 aromatic rings. The summed E-state index contributed by atoms with van der Waals surface area (Å²) in [4.78, 5) is 4.23. The zero-order chi connectivity index (χ0) is 13.8. The van der Waals surface area contributed by atoms with Gasteiger partial charge in [-0.15, -0.1) is 11.3 Å². The lowest BCUT2D eigenvalue weighted by atomic mass is 10.0. The molecule has 102 valence electrons. The van der Waals surface area contributed by atoms with Gasteiger partial charge in [0.1, 0.15) is 15.1 Å². The van der Waals surface area contributed by atoms with Crippen molar-refractivity contribution in [3.63, 3.8) is 0 Å². The van der Waals surface area contributed by atoms with Crippen LogP contribution in [0.4, 0.5) is 0 Å². The summed E-state index contributed by atoms with van der Waals surface area (Å²) in [7, 11) is 1.70. The van der Waals surface area contributed by atoms with Crippen LogP contribution in [0.3, 0.4) is 0 Å². The molecular formula is C14H17ClN2OS. The van der Waals surface area contributed by atoms with Gasteiger partial charge in [0.05, 0.1) is 13.3 Å². The Labute approximate surface area is 122 Å². The molecule has 1 atom stereocenters. The van der Waals surface area contributed by atoms with Crippen LogP contribution in [-0.4, -0.2) is 12.1 Å².